The number of carbonyl (C=O) groups excluding carboxylic acids is 3. The largest absolute Gasteiger partial charge is 0.508 e. The lowest BCUT2D eigenvalue weighted by Gasteiger charge is -2.49. The van der Waals surface area contributed by atoms with Crippen LogP contribution in [0.15, 0.2) is 72.8 Å². The van der Waals surface area contributed by atoms with Gasteiger partial charge in [0.15, 0.2) is 5.69 Å². The van der Waals surface area contributed by atoms with Crippen LogP contribution in [0.2, 0.25) is 0 Å². The van der Waals surface area contributed by atoms with Crippen molar-refractivity contribution >= 4 is 23.4 Å². The molecule has 41 heavy (non-hydrogen) atoms. The Bertz CT molecular complexity index is 1480. The van der Waals surface area contributed by atoms with Crippen molar-refractivity contribution < 1.29 is 19.5 Å². The van der Waals surface area contributed by atoms with Gasteiger partial charge in [-0.1, -0.05) is 74.5 Å². The minimum Gasteiger partial charge on any atom is -0.508 e. The molecule has 0 spiro atoms. The van der Waals surface area contributed by atoms with Gasteiger partial charge in [-0.25, -0.2) is 4.85 Å². The Morgan fingerprint density at radius 2 is 1.68 bits per heavy atom. The molecule has 0 radical (unpaired) electrons. The SMILES string of the molecule is [C-]#[N+]c1ccc(C(C(=O)NCCc2ccc(O)cc2)N2C(=O)[C@@H]3Cc4ccccc4CN3C(=O)[C@@H]2CC(C)C)cc1. The van der Waals surface area contributed by atoms with E-state index in [1.54, 1.807) is 53.4 Å². The first-order valence-corrected chi connectivity index (χ1v) is 14.0. The van der Waals surface area contributed by atoms with E-state index in [0.29, 0.717) is 43.6 Å². The molecule has 1 saturated heterocycles. The molecule has 3 aromatic carbocycles. The van der Waals surface area contributed by atoms with Crippen molar-refractivity contribution in [3.8, 4) is 5.75 Å². The molecule has 1 unspecified atom stereocenters. The fourth-order valence-corrected chi connectivity index (χ4v) is 5.84. The van der Waals surface area contributed by atoms with Gasteiger partial charge in [0.05, 0.1) is 6.57 Å². The van der Waals surface area contributed by atoms with E-state index in [4.69, 9.17) is 6.57 Å². The third-order valence-electron chi connectivity index (χ3n) is 7.90. The number of rotatable bonds is 8. The molecule has 2 N–H and O–H groups in total. The highest BCUT2D eigenvalue weighted by Gasteiger charge is 2.51. The highest BCUT2D eigenvalue weighted by Crippen LogP contribution is 2.37. The van der Waals surface area contributed by atoms with E-state index >= 15 is 0 Å². The summed E-state index contributed by atoms with van der Waals surface area (Å²) in [7, 11) is 0. The van der Waals surface area contributed by atoms with E-state index in [1.165, 1.54) is 4.90 Å². The van der Waals surface area contributed by atoms with Gasteiger partial charge in [-0.3, -0.25) is 14.4 Å². The second kappa shape index (κ2) is 11.8. The first kappa shape index (κ1) is 27.9. The van der Waals surface area contributed by atoms with Crippen molar-refractivity contribution in [2.45, 2.75) is 57.8 Å². The molecule has 3 aromatic rings. The molecule has 3 amide bonds. The maximum atomic E-state index is 14.4. The summed E-state index contributed by atoms with van der Waals surface area (Å²) < 4.78 is 0. The number of piperazine rings is 1. The normalized spacial score (nSPS) is 18.9. The van der Waals surface area contributed by atoms with E-state index in [-0.39, 0.29) is 29.4 Å². The van der Waals surface area contributed by atoms with Crippen LogP contribution in [0.25, 0.3) is 4.85 Å². The Kier molecular flexibility index (Phi) is 8.06. The highest BCUT2D eigenvalue weighted by atomic mass is 16.3. The molecule has 8 heteroatoms. The number of hydrogen-bond acceptors (Lipinski definition) is 4. The Morgan fingerprint density at radius 1 is 1.00 bits per heavy atom. The van der Waals surface area contributed by atoms with Gasteiger partial charge in [0, 0.05) is 19.5 Å². The zero-order chi connectivity index (χ0) is 29.1. The molecule has 210 valence electrons. The summed E-state index contributed by atoms with van der Waals surface area (Å²) in [6.07, 6.45) is 1.36. The first-order chi connectivity index (χ1) is 19.8. The minimum atomic E-state index is -1.03. The third kappa shape index (κ3) is 5.80. The van der Waals surface area contributed by atoms with Crippen molar-refractivity contribution in [2.75, 3.05) is 6.54 Å². The number of fused-ring (bicyclic) bond motifs is 2. The number of phenols is 1. The van der Waals surface area contributed by atoms with Gasteiger partial charge < -0.3 is 20.2 Å². The highest BCUT2D eigenvalue weighted by molar-refractivity contribution is 6.00. The van der Waals surface area contributed by atoms with Crippen molar-refractivity contribution in [2.24, 2.45) is 5.92 Å². The molecule has 2 aliphatic heterocycles. The van der Waals surface area contributed by atoms with Crippen LogP contribution in [0.3, 0.4) is 0 Å². The van der Waals surface area contributed by atoms with Crippen LogP contribution in [-0.4, -0.2) is 51.3 Å². The summed E-state index contributed by atoms with van der Waals surface area (Å²) in [5.41, 5.74) is 4.00. The fourth-order valence-electron chi connectivity index (χ4n) is 5.84. The summed E-state index contributed by atoms with van der Waals surface area (Å²) in [6.45, 7) is 12.0. The van der Waals surface area contributed by atoms with E-state index in [2.05, 4.69) is 10.2 Å². The number of benzene rings is 3. The van der Waals surface area contributed by atoms with E-state index in [9.17, 15) is 19.5 Å². The van der Waals surface area contributed by atoms with Gasteiger partial charge in [-0.2, -0.15) is 0 Å². The molecule has 1 fully saturated rings. The summed E-state index contributed by atoms with van der Waals surface area (Å²) in [6, 6.07) is 18.8. The lowest BCUT2D eigenvalue weighted by Crippen LogP contribution is -2.67. The Balaban J connectivity index is 1.50. The average molecular weight is 551 g/mol. The monoisotopic (exact) mass is 550 g/mol. The van der Waals surface area contributed by atoms with Crippen molar-refractivity contribution in [1.82, 2.24) is 15.1 Å². The van der Waals surface area contributed by atoms with Crippen molar-refractivity contribution in [1.29, 1.82) is 0 Å². The lowest BCUT2D eigenvalue weighted by molar-refractivity contribution is -0.168. The number of nitrogens with zero attached hydrogens (tertiary/aromatic N) is 3. The zero-order valence-corrected chi connectivity index (χ0v) is 23.3. The molecule has 2 aliphatic rings. The van der Waals surface area contributed by atoms with E-state index in [1.807, 2.05) is 38.1 Å². The van der Waals surface area contributed by atoms with E-state index in [0.717, 1.165) is 16.7 Å². The number of amides is 3. The molecule has 0 aliphatic carbocycles. The van der Waals surface area contributed by atoms with Crippen molar-refractivity contribution in [3.63, 3.8) is 0 Å². The Labute approximate surface area is 240 Å². The van der Waals surface area contributed by atoms with E-state index < -0.39 is 18.1 Å². The standard InChI is InChI=1S/C33H34N4O4/c1-21(2)18-29-32(40)36-20-25-7-5-4-6-24(25)19-28(36)33(41)37(29)30(23-10-12-26(34-3)13-11-23)31(39)35-17-16-22-8-14-27(38)15-9-22/h4-15,21,28-30,38H,16-20H2,1-2H3,(H,35,39)/t28-,29-,30?/m0/s1. The number of carbonyl (C=O) groups is 3. The third-order valence-corrected chi connectivity index (χ3v) is 7.90. The predicted octanol–water partition coefficient (Wildman–Crippen LogP) is 4.55. The Hall–Kier alpha value is -4.64. The minimum absolute atomic E-state index is 0.107. The summed E-state index contributed by atoms with van der Waals surface area (Å²) in [5, 5.41) is 12.6. The molecular formula is C33H34N4O4. The second-order valence-electron chi connectivity index (χ2n) is 11.2. The molecule has 8 nitrogen and oxygen atoms in total. The molecule has 3 atom stereocenters. The summed E-state index contributed by atoms with van der Waals surface area (Å²) >= 11 is 0. The molecule has 0 bridgehead atoms. The number of aromatic hydroxyl groups is 1. The summed E-state index contributed by atoms with van der Waals surface area (Å²) in [4.78, 5) is 49.1. The second-order valence-corrected chi connectivity index (χ2v) is 11.2. The van der Waals surface area contributed by atoms with Gasteiger partial charge in [-0.05, 0) is 53.1 Å². The molecule has 0 saturated carbocycles. The topological polar surface area (TPSA) is 94.3 Å². The number of hydrogen-bond donors (Lipinski definition) is 2. The quantitative estimate of drug-likeness (QED) is 0.403. The lowest BCUT2D eigenvalue weighted by atomic mass is 9.86. The maximum Gasteiger partial charge on any atom is 0.247 e. The number of nitrogens with one attached hydrogen (secondary N) is 1. The average Bonchev–Trinajstić information content (AvgIpc) is 2.98. The van der Waals surface area contributed by atoms with Crippen LogP contribution in [0, 0.1) is 12.5 Å². The predicted molar refractivity (Wildman–Crippen MR) is 155 cm³/mol. The smallest absolute Gasteiger partial charge is 0.247 e. The van der Waals surface area contributed by atoms with Gasteiger partial charge >= 0.3 is 0 Å². The van der Waals surface area contributed by atoms with Gasteiger partial charge in [0.1, 0.15) is 23.9 Å². The zero-order valence-electron chi connectivity index (χ0n) is 23.3. The summed E-state index contributed by atoms with van der Waals surface area (Å²) in [5.74, 6) is -0.478. The van der Waals surface area contributed by atoms with Crippen LogP contribution < -0.4 is 5.32 Å². The van der Waals surface area contributed by atoms with Crippen LogP contribution in [0.4, 0.5) is 5.69 Å². The molecule has 5 rings (SSSR count). The fraction of sp³-hybridized carbons (Fsp3) is 0.333. The van der Waals surface area contributed by atoms with Crippen LogP contribution in [-0.2, 0) is 33.8 Å². The van der Waals surface area contributed by atoms with Crippen molar-refractivity contribution in [3.05, 3.63) is 106 Å². The van der Waals surface area contributed by atoms with Crippen LogP contribution in [0.5, 0.6) is 5.75 Å². The van der Waals surface area contributed by atoms with Gasteiger partial charge in [0.2, 0.25) is 17.7 Å². The van der Waals surface area contributed by atoms with Crippen LogP contribution >= 0.6 is 0 Å². The molecule has 2 heterocycles. The maximum absolute atomic E-state index is 14.4. The Morgan fingerprint density at radius 3 is 2.34 bits per heavy atom. The van der Waals surface area contributed by atoms with Gasteiger partial charge in [-0.15, -0.1) is 0 Å². The first-order valence-electron chi connectivity index (χ1n) is 14.0. The van der Waals surface area contributed by atoms with Crippen LogP contribution in [0.1, 0.15) is 48.6 Å². The van der Waals surface area contributed by atoms with Gasteiger partial charge in [0.25, 0.3) is 0 Å². The molecule has 0 aromatic heterocycles. The number of phenolic OH excluding ortho intramolecular Hbond substituents is 1. The molecular weight excluding hydrogens is 516 g/mol.